The van der Waals surface area contributed by atoms with E-state index in [-0.39, 0.29) is 5.91 Å². The molecule has 1 N–H and O–H groups in total. The highest BCUT2D eigenvalue weighted by Gasteiger charge is 2.11. The Kier molecular flexibility index (Phi) is 4.91. The topological polar surface area (TPSA) is 45.2 Å². The largest absolute Gasteiger partial charge is 0.372 e. The number of benzene rings is 1. The number of rotatable bonds is 3. The predicted octanol–water partition coefficient (Wildman–Crippen LogP) is 4.02. The van der Waals surface area contributed by atoms with Gasteiger partial charge in [0.25, 0.3) is 5.91 Å². The number of carbonyl (C=O) groups excluding carboxylic acids is 1. The Hall–Kier alpha value is -2.36. The number of hydrogen-bond acceptors (Lipinski definition) is 3. The summed E-state index contributed by atoms with van der Waals surface area (Å²) in [4.78, 5) is 18.9. The summed E-state index contributed by atoms with van der Waals surface area (Å²) in [7, 11) is 0. The van der Waals surface area contributed by atoms with Crippen LogP contribution in [0.3, 0.4) is 0 Å². The zero-order valence-electron chi connectivity index (χ0n) is 13.6. The highest BCUT2D eigenvalue weighted by Crippen LogP contribution is 2.21. The normalized spacial score (nSPS) is 15.1. The molecule has 0 unspecified atom stereocenters. The third-order valence-corrected chi connectivity index (χ3v) is 4.22. The van der Waals surface area contributed by atoms with Crippen LogP contribution >= 0.6 is 0 Å². The summed E-state index contributed by atoms with van der Waals surface area (Å²) < 4.78 is 0. The van der Waals surface area contributed by atoms with E-state index >= 15 is 0 Å². The number of pyridine rings is 1. The number of amides is 1. The van der Waals surface area contributed by atoms with Gasteiger partial charge in [-0.05, 0) is 56.2 Å². The van der Waals surface area contributed by atoms with Gasteiger partial charge in [0.15, 0.2) is 0 Å². The van der Waals surface area contributed by atoms with Crippen LogP contribution in [0, 0.1) is 6.92 Å². The van der Waals surface area contributed by atoms with E-state index in [4.69, 9.17) is 0 Å². The van der Waals surface area contributed by atoms with Crippen LogP contribution in [-0.4, -0.2) is 24.0 Å². The number of carbonyl (C=O) groups is 1. The fraction of sp³-hybridized carbons (Fsp3) is 0.368. The number of aromatic nitrogens is 1. The first kappa shape index (κ1) is 15.5. The summed E-state index contributed by atoms with van der Waals surface area (Å²) in [5.74, 6) is -0.170. The van der Waals surface area contributed by atoms with Crippen LogP contribution in [0.1, 0.15) is 41.9 Å². The average Bonchev–Trinajstić information content (AvgIpc) is 2.85. The monoisotopic (exact) mass is 309 g/mol. The average molecular weight is 309 g/mol. The van der Waals surface area contributed by atoms with Crippen molar-refractivity contribution < 1.29 is 4.79 Å². The predicted molar refractivity (Wildman–Crippen MR) is 94.1 cm³/mol. The van der Waals surface area contributed by atoms with Gasteiger partial charge in [-0.25, -0.2) is 4.98 Å². The van der Waals surface area contributed by atoms with Gasteiger partial charge in [-0.3, -0.25) is 4.79 Å². The second kappa shape index (κ2) is 7.27. The van der Waals surface area contributed by atoms with E-state index in [0.717, 1.165) is 24.5 Å². The summed E-state index contributed by atoms with van der Waals surface area (Å²) in [5, 5.41) is 2.91. The first-order valence-corrected chi connectivity index (χ1v) is 8.32. The molecule has 120 valence electrons. The van der Waals surface area contributed by atoms with Crippen LogP contribution in [-0.2, 0) is 0 Å². The molecule has 1 aromatic carbocycles. The van der Waals surface area contributed by atoms with Crippen LogP contribution in [0.5, 0.6) is 0 Å². The van der Waals surface area contributed by atoms with Crippen molar-refractivity contribution in [2.75, 3.05) is 23.3 Å². The van der Waals surface area contributed by atoms with Crippen LogP contribution in [0.4, 0.5) is 11.4 Å². The molecule has 2 heterocycles. The van der Waals surface area contributed by atoms with Crippen LogP contribution in [0.2, 0.25) is 0 Å². The maximum absolute atomic E-state index is 12.2. The van der Waals surface area contributed by atoms with Crippen LogP contribution in [0.25, 0.3) is 0 Å². The van der Waals surface area contributed by atoms with E-state index in [1.165, 1.54) is 31.4 Å². The lowest BCUT2D eigenvalue weighted by Crippen LogP contribution is -2.23. The molecule has 1 aliphatic rings. The summed E-state index contributed by atoms with van der Waals surface area (Å²) in [5.41, 5.74) is 3.33. The minimum Gasteiger partial charge on any atom is -0.372 e. The molecule has 1 aromatic heterocycles. The molecule has 0 bridgehead atoms. The Labute approximate surface area is 137 Å². The first-order valence-electron chi connectivity index (χ1n) is 8.32. The zero-order chi connectivity index (χ0) is 16.1. The van der Waals surface area contributed by atoms with Crippen molar-refractivity contribution in [1.29, 1.82) is 0 Å². The van der Waals surface area contributed by atoms with Gasteiger partial charge in [-0.2, -0.15) is 0 Å². The molecule has 1 aliphatic heterocycles. The SMILES string of the molecule is Cc1cccc(C(=O)Nc2ccc(N3CCCCCC3)cc2)n1. The number of nitrogens with zero attached hydrogens (tertiary/aromatic N) is 2. The fourth-order valence-electron chi connectivity index (χ4n) is 2.95. The van der Waals surface area contributed by atoms with E-state index in [0.29, 0.717) is 5.69 Å². The molecule has 4 nitrogen and oxygen atoms in total. The molecule has 0 aliphatic carbocycles. The van der Waals surface area contributed by atoms with Gasteiger partial charge in [0.2, 0.25) is 0 Å². The van der Waals surface area contributed by atoms with Crippen molar-refractivity contribution in [3.63, 3.8) is 0 Å². The maximum Gasteiger partial charge on any atom is 0.274 e. The number of anilines is 2. The van der Waals surface area contributed by atoms with E-state index in [2.05, 4.69) is 27.3 Å². The van der Waals surface area contributed by atoms with E-state index in [9.17, 15) is 4.79 Å². The standard InChI is InChI=1S/C19H23N3O/c1-15-7-6-8-18(20-15)19(23)21-16-9-11-17(12-10-16)22-13-4-2-3-5-14-22/h6-12H,2-5,13-14H2,1H3,(H,21,23). The van der Waals surface area contributed by atoms with Gasteiger partial charge < -0.3 is 10.2 Å². The Balaban J connectivity index is 1.66. The third-order valence-electron chi connectivity index (χ3n) is 4.22. The quantitative estimate of drug-likeness (QED) is 0.931. The maximum atomic E-state index is 12.2. The Bertz CT molecular complexity index is 659. The number of hydrogen-bond donors (Lipinski definition) is 1. The van der Waals surface area contributed by atoms with Crippen molar-refractivity contribution in [1.82, 2.24) is 4.98 Å². The number of nitrogens with one attached hydrogen (secondary N) is 1. The molecule has 1 fully saturated rings. The lowest BCUT2D eigenvalue weighted by atomic mass is 10.2. The molecule has 0 saturated carbocycles. The summed E-state index contributed by atoms with van der Waals surface area (Å²) in [6, 6.07) is 13.6. The Morgan fingerprint density at radius 2 is 1.70 bits per heavy atom. The van der Waals surface area contributed by atoms with Gasteiger partial charge in [0, 0.05) is 30.2 Å². The minimum atomic E-state index is -0.170. The third kappa shape index (κ3) is 4.09. The molecule has 4 heteroatoms. The van der Waals surface area contributed by atoms with Crippen molar-refractivity contribution >= 4 is 17.3 Å². The number of aryl methyl sites for hydroxylation is 1. The molecule has 1 amide bonds. The molecular weight excluding hydrogens is 286 g/mol. The molecule has 23 heavy (non-hydrogen) atoms. The smallest absolute Gasteiger partial charge is 0.274 e. The van der Waals surface area contributed by atoms with Crippen molar-refractivity contribution in [2.24, 2.45) is 0 Å². The van der Waals surface area contributed by atoms with E-state index in [1.807, 2.05) is 31.2 Å². The molecule has 3 rings (SSSR count). The molecule has 0 radical (unpaired) electrons. The van der Waals surface area contributed by atoms with Crippen molar-refractivity contribution in [3.05, 3.63) is 53.9 Å². The van der Waals surface area contributed by atoms with Gasteiger partial charge in [0.05, 0.1) is 0 Å². The zero-order valence-corrected chi connectivity index (χ0v) is 13.6. The lowest BCUT2D eigenvalue weighted by molar-refractivity contribution is 0.102. The van der Waals surface area contributed by atoms with Crippen molar-refractivity contribution in [3.8, 4) is 0 Å². The second-order valence-electron chi connectivity index (χ2n) is 6.07. The lowest BCUT2D eigenvalue weighted by Gasteiger charge is -2.22. The highest BCUT2D eigenvalue weighted by molar-refractivity contribution is 6.02. The Morgan fingerprint density at radius 3 is 2.35 bits per heavy atom. The van der Waals surface area contributed by atoms with E-state index in [1.54, 1.807) is 6.07 Å². The van der Waals surface area contributed by atoms with Gasteiger partial charge in [-0.15, -0.1) is 0 Å². The van der Waals surface area contributed by atoms with Gasteiger partial charge in [0.1, 0.15) is 5.69 Å². The minimum absolute atomic E-state index is 0.170. The molecule has 0 spiro atoms. The fourth-order valence-corrected chi connectivity index (χ4v) is 2.95. The van der Waals surface area contributed by atoms with Gasteiger partial charge in [-0.1, -0.05) is 18.9 Å². The summed E-state index contributed by atoms with van der Waals surface area (Å²) in [6.45, 7) is 4.13. The Morgan fingerprint density at radius 1 is 1.00 bits per heavy atom. The van der Waals surface area contributed by atoms with Gasteiger partial charge >= 0.3 is 0 Å². The summed E-state index contributed by atoms with van der Waals surface area (Å²) >= 11 is 0. The first-order chi connectivity index (χ1) is 11.2. The molecule has 2 aromatic rings. The van der Waals surface area contributed by atoms with E-state index < -0.39 is 0 Å². The van der Waals surface area contributed by atoms with Crippen molar-refractivity contribution in [2.45, 2.75) is 32.6 Å². The summed E-state index contributed by atoms with van der Waals surface area (Å²) in [6.07, 6.45) is 5.18. The highest BCUT2D eigenvalue weighted by atomic mass is 16.1. The van der Waals surface area contributed by atoms with Crippen LogP contribution in [0.15, 0.2) is 42.5 Å². The van der Waals surface area contributed by atoms with Crippen LogP contribution < -0.4 is 10.2 Å². The molecular formula is C19H23N3O. The second-order valence-corrected chi connectivity index (χ2v) is 6.07. The molecule has 0 atom stereocenters. The molecule has 1 saturated heterocycles.